The highest BCUT2D eigenvalue weighted by molar-refractivity contribution is 5.99. The fourth-order valence-corrected chi connectivity index (χ4v) is 9.15. The van der Waals surface area contributed by atoms with Gasteiger partial charge in [0, 0.05) is 17.1 Å². The van der Waals surface area contributed by atoms with Gasteiger partial charge in [0.05, 0.1) is 69.6 Å². The van der Waals surface area contributed by atoms with Crippen LogP contribution in [-0.4, -0.2) is 83.5 Å². The van der Waals surface area contributed by atoms with Gasteiger partial charge in [0.25, 0.3) is 5.91 Å². The van der Waals surface area contributed by atoms with E-state index >= 15 is 0 Å². The molecule has 0 saturated carbocycles. The number of nitrogens with zero attached hydrogens (tertiary/aromatic N) is 8. The lowest BCUT2D eigenvalue weighted by atomic mass is 10.1. The van der Waals surface area contributed by atoms with Crippen LogP contribution in [0.15, 0.2) is 152 Å². The minimum Gasteiger partial charge on any atom is -0.461 e. The summed E-state index contributed by atoms with van der Waals surface area (Å²) in [5.74, 6) is -0.820. The first-order valence-corrected chi connectivity index (χ1v) is 27.8. The molecule has 0 aliphatic rings. The molecule has 0 radical (unpaired) electrons. The molecule has 0 unspecified atom stereocenters. The Kier molecular flexibility index (Phi) is 20.3. The van der Waals surface area contributed by atoms with Crippen molar-refractivity contribution in [1.29, 1.82) is 0 Å². The Balaban J connectivity index is 0.000000151. The normalized spacial score (nSPS) is 10.6. The summed E-state index contributed by atoms with van der Waals surface area (Å²) >= 11 is 0. The van der Waals surface area contributed by atoms with Crippen molar-refractivity contribution in [2.75, 3.05) is 35.8 Å². The molecule has 0 aliphatic heterocycles. The number of ether oxygens (including phenoxy) is 3. The highest BCUT2D eigenvalue weighted by Crippen LogP contribution is 2.27. The number of amides is 1. The van der Waals surface area contributed by atoms with Crippen molar-refractivity contribution in [2.24, 2.45) is 5.73 Å². The molecule has 4 aromatic heterocycles. The molecule has 0 saturated heterocycles. The van der Waals surface area contributed by atoms with E-state index in [0.29, 0.717) is 63.0 Å². The van der Waals surface area contributed by atoms with Crippen LogP contribution < -0.4 is 21.7 Å². The summed E-state index contributed by atoms with van der Waals surface area (Å²) in [5.41, 5.74) is 21.8. The fourth-order valence-electron chi connectivity index (χ4n) is 9.15. The number of carbonyl (C=O) groups excluding carboxylic acids is 4. The molecule has 0 spiro atoms. The predicted molar refractivity (Wildman–Crippen MR) is 337 cm³/mol. The molecule has 0 bridgehead atoms. The zero-order valence-corrected chi connectivity index (χ0v) is 49.6. The second-order valence-electron chi connectivity index (χ2n) is 19.9. The van der Waals surface area contributed by atoms with Crippen molar-refractivity contribution in [3.63, 3.8) is 0 Å². The van der Waals surface area contributed by atoms with E-state index in [9.17, 15) is 19.2 Å². The quantitative estimate of drug-likeness (QED) is 0.0617. The van der Waals surface area contributed by atoms with Crippen molar-refractivity contribution < 1.29 is 33.4 Å². The molecule has 7 aromatic carbocycles. The van der Waals surface area contributed by atoms with Crippen LogP contribution in [0.5, 0.6) is 0 Å². The van der Waals surface area contributed by atoms with E-state index in [1.165, 1.54) is 0 Å². The maximum Gasteiger partial charge on any atom is 0.360 e. The van der Waals surface area contributed by atoms with Crippen LogP contribution in [-0.2, 0) is 14.2 Å². The van der Waals surface area contributed by atoms with Crippen LogP contribution in [0.2, 0.25) is 0 Å². The molecule has 4 heterocycles. The molecule has 5 N–H and O–H groups in total. The predicted octanol–water partition coefficient (Wildman–Crippen LogP) is 13.5. The van der Waals surface area contributed by atoms with Gasteiger partial charge < -0.3 is 35.9 Å². The number of para-hydroxylation sites is 8. The van der Waals surface area contributed by atoms with E-state index in [0.717, 1.165) is 67.0 Å². The molecule has 11 aromatic rings. The number of rotatable bonds is 13. The Morgan fingerprint density at radius 3 is 0.849 bits per heavy atom. The molecule has 1 amide bonds. The number of benzene rings is 7. The van der Waals surface area contributed by atoms with E-state index in [1.807, 2.05) is 169 Å². The summed E-state index contributed by atoms with van der Waals surface area (Å²) in [4.78, 5) is 83.1. The van der Waals surface area contributed by atoms with Crippen molar-refractivity contribution >= 4 is 102 Å². The van der Waals surface area contributed by atoms with Gasteiger partial charge in [0.15, 0.2) is 40.2 Å². The van der Waals surface area contributed by atoms with Crippen LogP contribution in [0.4, 0.5) is 34.5 Å². The lowest BCUT2D eigenvalue weighted by Crippen LogP contribution is -2.16. The summed E-state index contributed by atoms with van der Waals surface area (Å²) in [5, 5.41) is 9.58. The molecule has 19 nitrogen and oxygen atoms in total. The van der Waals surface area contributed by atoms with Crippen LogP contribution in [0.3, 0.4) is 0 Å². The van der Waals surface area contributed by atoms with Crippen molar-refractivity contribution in [2.45, 2.75) is 69.2 Å². The van der Waals surface area contributed by atoms with Crippen molar-refractivity contribution in [3.05, 3.63) is 214 Å². The average molecular weight is 1150 g/mol. The summed E-state index contributed by atoms with van der Waals surface area (Å²) in [6, 6.07) is 47.9. The van der Waals surface area contributed by atoms with Crippen molar-refractivity contribution in [3.8, 4) is 0 Å². The molecule has 86 heavy (non-hydrogen) atoms. The number of esters is 3. The second-order valence-corrected chi connectivity index (χ2v) is 19.9. The van der Waals surface area contributed by atoms with Crippen molar-refractivity contribution in [1.82, 2.24) is 39.9 Å². The summed E-state index contributed by atoms with van der Waals surface area (Å²) < 4.78 is 15.2. The fraction of sp³-hybridized carbons (Fsp3) is 0.194. The number of aryl methyl sites for hydroxylation is 7. The van der Waals surface area contributed by atoms with E-state index in [2.05, 4.69) is 74.0 Å². The first-order chi connectivity index (χ1) is 41.4. The number of fused-ring (bicyclic) bond motifs is 4. The lowest BCUT2D eigenvalue weighted by molar-refractivity contribution is 0.0509. The minimum absolute atomic E-state index is 0.137. The highest BCUT2D eigenvalue weighted by atomic mass is 16.5. The number of anilines is 6. The largest absolute Gasteiger partial charge is 0.461 e. The Hall–Kier alpha value is -10.8. The minimum atomic E-state index is -0.606. The smallest absolute Gasteiger partial charge is 0.360 e. The van der Waals surface area contributed by atoms with Gasteiger partial charge in [0.1, 0.15) is 0 Å². The molecule has 19 heteroatoms. The molecule has 0 atom stereocenters. The number of primary amides is 1. The van der Waals surface area contributed by atoms with Gasteiger partial charge in [-0.15, -0.1) is 0 Å². The number of nitrogens with two attached hydrogens (primary N) is 1. The summed E-state index contributed by atoms with van der Waals surface area (Å²) in [6.07, 6.45) is 0. The van der Waals surface area contributed by atoms with E-state index in [-0.39, 0.29) is 30.3 Å². The summed E-state index contributed by atoms with van der Waals surface area (Å²) in [6.45, 7) is 20.1. The van der Waals surface area contributed by atoms with E-state index in [1.54, 1.807) is 33.8 Å². The molecular formula is C67H66N12O7. The maximum atomic E-state index is 12.3. The van der Waals surface area contributed by atoms with Gasteiger partial charge in [-0.25, -0.2) is 54.3 Å². The first-order valence-electron chi connectivity index (χ1n) is 27.8. The van der Waals surface area contributed by atoms with Crippen LogP contribution in [0.25, 0.3) is 44.1 Å². The van der Waals surface area contributed by atoms with Gasteiger partial charge in [0.2, 0.25) is 0 Å². The Morgan fingerprint density at radius 2 is 0.570 bits per heavy atom. The Labute approximate surface area is 497 Å². The number of hydrogen-bond acceptors (Lipinski definition) is 18. The molecule has 436 valence electrons. The molecule has 0 aliphatic carbocycles. The number of aromatic nitrogens is 8. The van der Waals surface area contributed by atoms with Gasteiger partial charge in [-0.05, 0) is 188 Å². The number of carbonyl (C=O) groups is 4. The highest BCUT2D eigenvalue weighted by Gasteiger charge is 2.21. The molecular weight excluding hydrogens is 1080 g/mol. The monoisotopic (exact) mass is 1150 g/mol. The van der Waals surface area contributed by atoms with Gasteiger partial charge >= 0.3 is 17.9 Å². The third-order valence-corrected chi connectivity index (χ3v) is 12.5. The number of nitrogens with one attached hydrogen (secondary N) is 3. The van der Waals surface area contributed by atoms with Crippen LogP contribution in [0.1, 0.15) is 102 Å². The maximum absolute atomic E-state index is 12.3. The Morgan fingerprint density at radius 1 is 0.337 bits per heavy atom. The SMILES string of the molecule is CCOC(=O)c1nc2ccccc2nc1C.CCOC(=O)c1nc2ccccc2nc1Nc1cc(C)cc(C)c1.CCOC(=O)c1nc2ccccc2nc1Nc1cc(C)cc(C)c1.Cc1cc(C)cc(Nc2nc3ccccc3nc2C(N)=O)c1. The number of hydrogen-bond donors (Lipinski definition) is 4. The summed E-state index contributed by atoms with van der Waals surface area (Å²) in [7, 11) is 0. The third-order valence-electron chi connectivity index (χ3n) is 12.5. The van der Waals surface area contributed by atoms with Gasteiger partial charge in [-0.3, -0.25) is 4.79 Å². The standard InChI is InChI=1S/2C19H19N3O2.C17H16N4O.C12H12N2O2/c2*1-4-24-19(23)17-18(20-14-10-12(2)9-13(3)11-14)22-16-8-6-5-7-15(16)21-17;1-10-7-11(2)9-12(8-10)19-17-15(16(18)22)20-13-5-3-4-6-14(13)21-17;1-3-16-12(15)11-8(2)13-9-6-4-5-7-10(9)14-11/h2*5-11H,4H2,1-3H3,(H,20,22);3-9H,1-2H3,(H2,18,22)(H,19,21);4-7H,3H2,1-2H3. The zero-order valence-electron chi connectivity index (χ0n) is 49.6. The first kappa shape index (κ1) is 61.3. The van der Waals surface area contributed by atoms with E-state index < -0.39 is 23.8 Å². The van der Waals surface area contributed by atoms with Crippen LogP contribution in [0, 0.1) is 48.5 Å². The Bertz CT molecular complexity index is 4100. The molecule has 0 fully saturated rings. The third kappa shape index (κ3) is 16.0. The average Bonchev–Trinajstić information content (AvgIpc) is 2.18. The second kappa shape index (κ2) is 28.4. The van der Waals surface area contributed by atoms with Crippen LogP contribution >= 0.6 is 0 Å². The van der Waals surface area contributed by atoms with Gasteiger partial charge in [-0.2, -0.15) is 0 Å². The zero-order chi connectivity index (χ0) is 61.4. The lowest BCUT2D eigenvalue weighted by Gasteiger charge is -2.12. The van der Waals surface area contributed by atoms with Gasteiger partial charge in [-0.1, -0.05) is 66.7 Å². The molecule has 11 rings (SSSR count). The van der Waals surface area contributed by atoms with E-state index in [4.69, 9.17) is 19.9 Å². The topological polar surface area (TPSA) is 261 Å².